The van der Waals surface area contributed by atoms with E-state index in [1.54, 1.807) is 12.1 Å². The van der Waals surface area contributed by atoms with Crippen molar-refractivity contribution in [1.82, 2.24) is 20.1 Å². The topological polar surface area (TPSA) is 130 Å². The fourth-order valence-electron chi connectivity index (χ4n) is 7.53. The number of aliphatic hydroxyl groups is 1. The third-order valence-electron chi connectivity index (χ3n) is 10.5. The predicted molar refractivity (Wildman–Crippen MR) is 204 cm³/mol. The van der Waals surface area contributed by atoms with Crippen molar-refractivity contribution in [3.8, 4) is 16.9 Å². The van der Waals surface area contributed by atoms with Gasteiger partial charge < -0.3 is 25.3 Å². The molecule has 0 radical (unpaired) electrons. The molecule has 2 aliphatic heterocycles. The third-order valence-corrected chi connectivity index (χ3v) is 10.5. The fourth-order valence-corrected chi connectivity index (χ4v) is 7.53. The van der Waals surface area contributed by atoms with Gasteiger partial charge in [-0.05, 0) is 68.1 Å². The van der Waals surface area contributed by atoms with Gasteiger partial charge in [0, 0.05) is 66.9 Å². The summed E-state index contributed by atoms with van der Waals surface area (Å²) in [6, 6.07) is 29.6. The number of anilines is 1. The Balaban J connectivity index is 0.850. The van der Waals surface area contributed by atoms with Crippen LogP contribution in [0.4, 0.5) is 14.9 Å². The molecule has 0 aliphatic carbocycles. The van der Waals surface area contributed by atoms with Gasteiger partial charge in [-0.3, -0.25) is 19.9 Å². The number of nitrogens with one attached hydrogen (secondary N) is 3. The number of carbonyl (C=O) groups excluding carboxylic acids is 1. The van der Waals surface area contributed by atoms with Gasteiger partial charge in [0.2, 0.25) is 5.56 Å². The molecule has 276 valence electrons. The molecule has 7 rings (SSSR count). The average Bonchev–Trinajstić information content (AvgIpc) is 3.17. The van der Waals surface area contributed by atoms with E-state index in [4.69, 9.17) is 4.74 Å². The number of phenolic OH excluding ortho intramolecular Hbond substituents is 1. The number of ether oxygens (including phenoxy) is 1. The van der Waals surface area contributed by atoms with Crippen LogP contribution in [0.3, 0.4) is 0 Å². The standard InChI is InChI=1S/C42H46FN5O5/c43-40-29(26-47-21-17-31(18-22-47)44-25-38(50)34-13-15-37(49)41-35(34)14-16-39(51)46-41)9-6-10-30(40)27-48-23-19-32(20-24-48)53-42(52)45-36-12-5-4-11-33(36)28-7-2-1-3-8-28/h1-16,31-32,38,44,49-50H,17-27H2,(H,45,52)(H,46,51)/t38-/m0/s1. The molecule has 0 unspecified atom stereocenters. The molecule has 1 amide bonds. The molecule has 5 aromatic rings. The van der Waals surface area contributed by atoms with Crippen molar-refractivity contribution < 1.29 is 24.1 Å². The number of fused-ring (bicyclic) bond motifs is 1. The number of amides is 1. The van der Waals surface area contributed by atoms with E-state index < -0.39 is 12.2 Å². The lowest BCUT2D eigenvalue weighted by molar-refractivity contribution is 0.0564. The van der Waals surface area contributed by atoms with E-state index >= 15 is 4.39 Å². The molecule has 3 heterocycles. The van der Waals surface area contributed by atoms with E-state index in [1.807, 2.05) is 72.8 Å². The van der Waals surface area contributed by atoms with E-state index in [2.05, 4.69) is 25.4 Å². The van der Waals surface area contributed by atoms with Crippen molar-refractivity contribution in [2.24, 2.45) is 0 Å². The number of nitrogens with zero attached hydrogens (tertiary/aromatic N) is 2. The summed E-state index contributed by atoms with van der Waals surface area (Å²) in [6.45, 7) is 4.40. The van der Waals surface area contributed by atoms with Crippen LogP contribution >= 0.6 is 0 Å². The van der Waals surface area contributed by atoms with E-state index in [0.29, 0.717) is 78.8 Å². The number of aromatic nitrogens is 1. The molecule has 11 heteroatoms. The van der Waals surface area contributed by atoms with Crippen LogP contribution in [-0.4, -0.2) is 76.0 Å². The largest absolute Gasteiger partial charge is 0.506 e. The summed E-state index contributed by atoms with van der Waals surface area (Å²) >= 11 is 0. The van der Waals surface area contributed by atoms with E-state index in [0.717, 1.165) is 37.1 Å². The Morgan fingerprint density at radius 1 is 0.830 bits per heavy atom. The summed E-state index contributed by atoms with van der Waals surface area (Å²) < 4.78 is 21.6. The first kappa shape index (κ1) is 36.3. The Kier molecular flexibility index (Phi) is 11.5. The molecule has 1 atom stereocenters. The lowest BCUT2D eigenvalue weighted by Gasteiger charge is -2.33. The van der Waals surface area contributed by atoms with Crippen LogP contribution in [0.1, 0.15) is 48.5 Å². The molecular formula is C42H46FN5O5. The number of para-hydroxylation sites is 1. The summed E-state index contributed by atoms with van der Waals surface area (Å²) in [5, 5.41) is 28.1. The molecule has 4 aromatic carbocycles. The van der Waals surface area contributed by atoms with Gasteiger partial charge in [0.1, 0.15) is 17.7 Å². The Morgan fingerprint density at radius 3 is 2.21 bits per heavy atom. The number of aliphatic hydroxyl groups excluding tert-OH is 1. The maximum absolute atomic E-state index is 15.8. The Hall–Kier alpha value is -5.07. The van der Waals surface area contributed by atoms with Crippen LogP contribution in [-0.2, 0) is 17.8 Å². The van der Waals surface area contributed by atoms with Crippen LogP contribution in [0, 0.1) is 5.82 Å². The minimum Gasteiger partial charge on any atom is -0.506 e. The van der Waals surface area contributed by atoms with Crippen LogP contribution in [0.15, 0.2) is 102 Å². The van der Waals surface area contributed by atoms with Gasteiger partial charge in [0.05, 0.1) is 17.3 Å². The molecule has 0 bridgehead atoms. The number of aromatic hydroxyl groups is 1. The lowest BCUT2D eigenvalue weighted by atomic mass is 10.0. The SMILES string of the molecule is O=C(Nc1ccccc1-c1ccccc1)OC1CCN(Cc2cccc(CN3CCC(NC[C@H](O)c4ccc(O)c5[nH]c(=O)ccc45)CC3)c2F)CC1. The number of phenols is 1. The zero-order valence-corrected chi connectivity index (χ0v) is 29.6. The van der Waals surface area contributed by atoms with Crippen molar-refractivity contribution in [1.29, 1.82) is 0 Å². The van der Waals surface area contributed by atoms with Crippen molar-refractivity contribution in [2.75, 3.05) is 38.0 Å². The lowest BCUT2D eigenvalue weighted by Crippen LogP contribution is -2.43. The second-order valence-corrected chi connectivity index (χ2v) is 14.1. The monoisotopic (exact) mass is 719 g/mol. The molecule has 0 spiro atoms. The predicted octanol–water partition coefficient (Wildman–Crippen LogP) is 6.54. The molecular weight excluding hydrogens is 673 g/mol. The quantitative estimate of drug-likeness (QED) is 0.104. The first-order chi connectivity index (χ1) is 25.8. The van der Waals surface area contributed by atoms with Crippen LogP contribution < -0.4 is 16.2 Å². The molecule has 10 nitrogen and oxygen atoms in total. The number of piperidine rings is 2. The Labute approximate surface area is 308 Å². The zero-order valence-electron chi connectivity index (χ0n) is 29.6. The molecule has 2 saturated heterocycles. The molecule has 0 saturated carbocycles. The highest BCUT2D eigenvalue weighted by molar-refractivity contribution is 5.91. The molecule has 5 N–H and O–H groups in total. The first-order valence-corrected chi connectivity index (χ1v) is 18.4. The highest BCUT2D eigenvalue weighted by atomic mass is 19.1. The van der Waals surface area contributed by atoms with Crippen molar-refractivity contribution >= 4 is 22.7 Å². The number of pyridine rings is 1. The van der Waals surface area contributed by atoms with Gasteiger partial charge in [-0.1, -0.05) is 72.8 Å². The Bertz CT molecular complexity index is 2080. The van der Waals surface area contributed by atoms with Gasteiger partial charge in [-0.2, -0.15) is 0 Å². The number of hydrogen-bond donors (Lipinski definition) is 5. The maximum Gasteiger partial charge on any atom is 0.411 e. The molecule has 53 heavy (non-hydrogen) atoms. The number of hydrogen-bond acceptors (Lipinski definition) is 8. The molecule has 2 fully saturated rings. The highest BCUT2D eigenvalue weighted by Crippen LogP contribution is 2.30. The summed E-state index contributed by atoms with van der Waals surface area (Å²) in [5.41, 5.74) is 4.65. The normalized spacial score (nSPS) is 16.8. The third kappa shape index (κ3) is 8.94. The number of halogens is 1. The summed E-state index contributed by atoms with van der Waals surface area (Å²) in [7, 11) is 0. The summed E-state index contributed by atoms with van der Waals surface area (Å²) in [4.78, 5) is 31.7. The van der Waals surface area contributed by atoms with E-state index in [9.17, 15) is 19.8 Å². The van der Waals surface area contributed by atoms with Crippen LogP contribution in [0.5, 0.6) is 5.75 Å². The fraction of sp³-hybridized carbons (Fsp3) is 0.333. The van der Waals surface area contributed by atoms with Gasteiger partial charge in [-0.15, -0.1) is 0 Å². The number of benzene rings is 4. The smallest absolute Gasteiger partial charge is 0.411 e. The first-order valence-electron chi connectivity index (χ1n) is 18.4. The van der Waals surface area contributed by atoms with Crippen LogP contribution in [0.25, 0.3) is 22.0 Å². The van der Waals surface area contributed by atoms with Crippen molar-refractivity contribution in [3.05, 3.63) is 130 Å². The molecule has 2 aliphatic rings. The summed E-state index contributed by atoms with van der Waals surface area (Å²) in [6.07, 6.45) is 1.61. The number of aromatic amines is 1. The summed E-state index contributed by atoms with van der Waals surface area (Å²) in [5.74, 6) is -0.195. The second kappa shape index (κ2) is 16.7. The number of carbonyl (C=O) groups is 1. The van der Waals surface area contributed by atoms with Crippen molar-refractivity contribution in [2.45, 2.75) is 57.0 Å². The average molecular weight is 720 g/mol. The number of H-pyrrole nitrogens is 1. The number of rotatable bonds is 11. The maximum atomic E-state index is 15.8. The zero-order chi connectivity index (χ0) is 36.7. The van der Waals surface area contributed by atoms with Gasteiger partial charge in [0.15, 0.2) is 0 Å². The van der Waals surface area contributed by atoms with E-state index in [1.165, 1.54) is 12.1 Å². The highest BCUT2D eigenvalue weighted by Gasteiger charge is 2.25. The van der Waals surface area contributed by atoms with Gasteiger partial charge in [0.25, 0.3) is 0 Å². The second-order valence-electron chi connectivity index (χ2n) is 14.1. The molecule has 1 aromatic heterocycles. The van der Waals surface area contributed by atoms with Gasteiger partial charge >= 0.3 is 6.09 Å². The van der Waals surface area contributed by atoms with Crippen molar-refractivity contribution in [3.63, 3.8) is 0 Å². The van der Waals surface area contributed by atoms with Crippen LogP contribution in [0.2, 0.25) is 0 Å². The minimum absolute atomic E-state index is 0.0358. The Morgan fingerprint density at radius 2 is 1.49 bits per heavy atom. The number of likely N-dealkylation sites (tertiary alicyclic amines) is 2. The minimum atomic E-state index is -0.815. The van der Waals surface area contributed by atoms with Gasteiger partial charge in [-0.25, -0.2) is 9.18 Å². The van der Waals surface area contributed by atoms with E-state index in [-0.39, 0.29) is 29.3 Å².